The molecule has 0 radical (unpaired) electrons. The second-order valence-corrected chi connectivity index (χ2v) is 7.90. The van der Waals surface area contributed by atoms with Gasteiger partial charge in [-0.15, -0.1) is 0 Å². The number of rotatable bonds is 3. The molecule has 4 rings (SSSR count). The number of hydrogen-bond donors (Lipinski definition) is 1. The van der Waals surface area contributed by atoms with Crippen LogP contribution in [-0.4, -0.2) is 56.8 Å². The molecule has 26 heavy (non-hydrogen) atoms. The minimum absolute atomic E-state index is 0.0282. The number of aryl methyl sites for hydroxylation is 1. The molecule has 7 nitrogen and oxygen atoms in total. The van der Waals surface area contributed by atoms with E-state index in [1.165, 1.54) is 17.8 Å². The molecule has 0 aliphatic carbocycles. The van der Waals surface area contributed by atoms with Gasteiger partial charge in [-0.3, -0.25) is 9.69 Å². The van der Waals surface area contributed by atoms with Crippen molar-refractivity contribution in [2.24, 2.45) is 5.92 Å². The summed E-state index contributed by atoms with van der Waals surface area (Å²) in [6.45, 7) is 9.84. The highest BCUT2D eigenvalue weighted by molar-refractivity contribution is 5.93. The smallest absolute Gasteiger partial charge is 0.276 e. The van der Waals surface area contributed by atoms with Crippen LogP contribution in [0.1, 0.15) is 54.3 Å². The van der Waals surface area contributed by atoms with Gasteiger partial charge >= 0.3 is 0 Å². The van der Waals surface area contributed by atoms with E-state index in [0.29, 0.717) is 30.5 Å². The van der Waals surface area contributed by atoms with Gasteiger partial charge < -0.3 is 14.3 Å². The number of H-pyrrole nitrogens is 1. The van der Waals surface area contributed by atoms with E-state index in [4.69, 9.17) is 9.40 Å². The van der Waals surface area contributed by atoms with Gasteiger partial charge in [0.1, 0.15) is 5.76 Å². The molecule has 2 aromatic rings. The van der Waals surface area contributed by atoms with Crippen molar-refractivity contribution in [2.75, 3.05) is 26.2 Å². The van der Waals surface area contributed by atoms with Crippen LogP contribution in [0.3, 0.4) is 0 Å². The molecule has 2 aromatic heterocycles. The summed E-state index contributed by atoms with van der Waals surface area (Å²) in [5, 5.41) is 0. The van der Waals surface area contributed by atoms with Crippen molar-refractivity contribution in [1.29, 1.82) is 0 Å². The van der Waals surface area contributed by atoms with Crippen LogP contribution < -0.4 is 0 Å². The first-order valence-electron chi connectivity index (χ1n) is 9.48. The maximum Gasteiger partial charge on any atom is 0.276 e. The highest BCUT2D eigenvalue weighted by Crippen LogP contribution is 2.42. The van der Waals surface area contributed by atoms with Crippen molar-refractivity contribution in [3.8, 4) is 0 Å². The topological polar surface area (TPSA) is 78.3 Å². The molecule has 140 valence electrons. The first kappa shape index (κ1) is 17.3. The standard InChI is InChI=1S/C19H27N5O2/c1-13(2)10-24-7-4-15-17(21-11-20-15)19(24)5-8-23(9-6-19)18(25)16-14(3)26-12-22-16/h11-13H,4-10H2,1-3H3,(H,20,21). The first-order valence-corrected chi connectivity index (χ1v) is 9.48. The molecule has 0 aromatic carbocycles. The number of oxazole rings is 1. The fourth-order valence-electron chi connectivity index (χ4n) is 4.52. The molecule has 7 heteroatoms. The number of aromatic amines is 1. The van der Waals surface area contributed by atoms with Crippen LogP contribution in [0.15, 0.2) is 17.1 Å². The fourth-order valence-corrected chi connectivity index (χ4v) is 4.52. The number of nitrogens with zero attached hydrogens (tertiary/aromatic N) is 4. The number of likely N-dealkylation sites (tertiary alicyclic amines) is 1. The summed E-state index contributed by atoms with van der Waals surface area (Å²) >= 11 is 0. The molecule has 1 N–H and O–H groups in total. The SMILES string of the molecule is Cc1ocnc1C(=O)N1CCC2(CC1)c1nc[nH]c1CCN2CC(C)C. The lowest BCUT2D eigenvalue weighted by molar-refractivity contribution is 0.000433. The molecule has 2 aliphatic rings. The zero-order valence-electron chi connectivity index (χ0n) is 15.8. The molecule has 4 heterocycles. The quantitative estimate of drug-likeness (QED) is 0.912. The number of nitrogens with one attached hydrogen (secondary N) is 1. The van der Waals surface area contributed by atoms with Crippen LogP contribution in [0, 0.1) is 12.8 Å². The average molecular weight is 357 g/mol. The first-order chi connectivity index (χ1) is 12.5. The van der Waals surface area contributed by atoms with Crippen LogP contribution in [0.5, 0.6) is 0 Å². The summed E-state index contributed by atoms with van der Waals surface area (Å²) in [6, 6.07) is 0. The molecule has 1 fully saturated rings. The molecule has 0 bridgehead atoms. The van der Waals surface area contributed by atoms with Gasteiger partial charge in [-0.2, -0.15) is 0 Å². The maximum absolute atomic E-state index is 12.8. The second-order valence-electron chi connectivity index (χ2n) is 7.90. The van der Waals surface area contributed by atoms with Crippen LogP contribution in [-0.2, 0) is 12.0 Å². The molecule has 1 saturated heterocycles. The lowest BCUT2D eigenvalue weighted by atomic mass is 9.78. The van der Waals surface area contributed by atoms with Gasteiger partial charge in [0, 0.05) is 38.3 Å². The lowest BCUT2D eigenvalue weighted by Gasteiger charge is -2.51. The lowest BCUT2D eigenvalue weighted by Crippen LogP contribution is -2.57. The molecule has 1 amide bonds. The Labute approximate surface area is 153 Å². The average Bonchev–Trinajstić information content (AvgIpc) is 3.26. The highest BCUT2D eigenvalue weighted by atomic mass is 16.3. The Morgan fingerprint density at radius 3 is 2.73 bits per heavy atom. The minimum atomic E-state index is -0.0620. The van der Waals surface area contributed by atoms with Crippen molar-refractivity contribution in [3.05, 3.63) is 35.6 Å². The number of carbonyl (C=O) groups excluding carboxylic acids is 1. The van der Waals surface area contributed by atoms with E-state index < -0.39 is 0 Å². The summed E-state index contributed by atoms with van der Waals surface area (Å²) < 4.78 is 5.20. The number of hydrogen-bond acceptors (Lipinski definition) is 5. The predicted octanol–water partition coefficient (Wildman–Crippen LogP) is 2.35. The van der Waals surface area contributed by atoms with E-state index in [-0.39, 0.29) is 11.4 Å². The van der Waals surface area contributed by atoms with Crippen molar-refractivity contribution < 1.29 is 9.21 Å². The van der Waals surface area contributed by atoms with Gasteiger partial charge in [0.15, 0.2) is 12.1 Å². The van der Waals surface area contributed by atoms with Crippen LogP contribution in [0.25, 0.3) is 0 Å². The number of carbonyl (C=O) groups is 1. The summed E-state index contributed by atoms with van der Waals surface area (Å²) in [7, 11) is 0. The Bertz CT molecular complexity index is 785. The fraction of sp³-hybridized carbons (Fsp3) is 0.632. The largest absolute Gasteiger partial charge is 0.448 e. The summed E-state index contributed by atoms with van der Waals surface area (Å²) in [6.07, 6.45) is 5.99. The molecular formula is C19H27N5O2. The Morgan fingerprint density at radius 2 is 2.08 bits per heavy atom. The van der Waals surface area contributed by atoms with Gasteiger partial charge in [-0.1, -0.05) is 13.8 Å². The number of aromatic nitrogens is 3. The van der Waals surface area contributed by atoms with Gasteiger partial charge in [0.05, 0.1) is 17.6 Å². The van der Waals surface area contributed by atoms with E-state index >= 15 is 0 Å². The van der Waals surface area contributed by atoms with E-state index in [1.54, 1.807) is 6.92 Å². The van der Waals surface area contributed by atoms with Crippen LogP contribution >= 0.6 is 0 Å². The van der Waals surface area contributed by atoms with Crippen molar-refractivity contribution in [1.82, 2.24) is 24.8 Å². The number of imidazole rings is 1. The van der Waals surface area contributed by atoms with Crippen molar-refractivity contribution in [3.63, 3.8) is 0 Å². The van der Waals surface area contributed by atoms with Crippen LogP contribution in [0.4, 0.5) is 0 Å². The van der Waals surface area contributed by atoms with Crippen molar-refractivity contribution in [2.45, 2.75) is 45.6 Å². The molecule has 1 spiro atoms. The zero-order chi connectivity index (χ0) is 18.3. The molecular weight excluding hydrogens is 330 g/mol. The third-order valence-electron chi connectivity index (χ3n) is 5.81. The summed E-state index contributed by atoms with van der Waals surface area (Å²) in [5.74, 6) is 1.16. The monoisotopic (exact) mass is 357 g/mol. The third kappa shape index (κ3) is 2.74. The van der Waals surface area contributed by atoms with Crippen molar-refractivity contribution >= 4 is 5.91 Å². The molecule has 0 unspecified atom stereocenters. The van der Waals surface area contributed by atoms with E-state index in [1.807, 2.05) is 11.2 Å². The van der Waals surface area contributed by atoms with Gasteiger partial charge in [0.25, 0.3) is 5.91 Å². The van der Waals surface area contributed by atoms with Gasteiger partial charge in [-0.05, 0) is 25.7 Å². The highest BCUT2D eigenvalue weighted by Gasteiger charge is 2.47. The number of fused-ring (bicyclic) bond motifs is 2. The van der Waals surface area contributed by atoms with Crippen LogP contribution in [0.2, 0.25) is 0 Å². The molecule has 0 saturated carbocycles. The summed E-state index contributed by atoms with van der Waals surface area (Å²) in [4.78, 5) is 29.4. The van der Waals surface area contributed by atoms with Gasteiger partial charge in [0.2, 0.25) is 0 Å². The van der Waals surface area contributed by atoms with Gasteiger partial charge in [-0.25, -0.2) is 9.97 Å². The Balaban J connectivity index is 1.57. The second kappa shape index (κ2) is 6.54. The molecule has 0 atom stereocenters. The molecule has 2 aliphatic heterocycles. The third-order valence-corrected chi connectivity index (χ3v) is 5.81. The Morgan fingerprint density at radius 1 is 1.31 bits per heavy atom. The number of piperidine rings is 1. The zero-order valence-corrected chi connectivity index (χ0v) is 15.8. The predicted molar refractivity (Wildman–Crippen MR) is 96.8 cm³/mol. The van der Waals surface area contributed by atoms with E-state index in [2.05, 4.69) is 28.7 Å². The summed E-state index contributed by atoms with van der Waals surface area (Å²) in [5.41, 5.74) is 2.82. The normalized spacial score (nSPS) is 19.9. The Kier molecular flexibility index (Phi) is 4.34. The Hall–Kier alpha value is -2.15. The van der Waals surface area contributed by atoms with E-state index in [9.17, 15) is 4.79 Å². The number of amides is 1. The van der Waals surface area contributed by atoms with E-state index in [0.717, 1.165) is 32.4 Å². The maximum atomic E-state index is 12.8. The minimum Gasteiger partial charge on any atom is -0.448 e.